The second-order valence-electron chi connectivity index (χ2n) is 4.69. The van der Waals surface area contributed by atoms with Gasteiger partial charge in [-0.25, -0.2) is 4.68 Å². The van der Waals surface area contributed by atoms with Gasteiger partial charge in [-0.3, -0.25) is 4.79 Å². The molecule has 0 aliphatic heterocycles. The molecular formula is C16H19N3O2. The van der Waals surface area contributed by atoms with E-state index in [1.165, 1.54) is 0 Å². The average molecular weight is 285 g/mol. The SMILES string of the molecule is C=CCNC(=O)C(C)Oc1nn(-c2ccccc2)cc1C. The van der Waals surface area contributed by atoms with E-state index in [2.05, 4.69) is 17.0 Å². The Bertz CT molecular complexity index is 620. The number of carbonyl (C=O) groups is 1. The van der Waals surface area contributed by atoms with Crippen molar-refractivity contribution in [2.45, 2.75) is 20.0 Å². The van der Waals surface area contributed by atoms with Crippen LogP contribution in [0.1, 0.15) is 12.5 Å². The number of hydrogen-bond donors (Lipinski definition) is 1. The van der Waals surface area contributed by atoms with Crippen molar-refractivity contribution in [1.29, 1.82) is 0 Å². The van der Waals surface area contributed by atoms with Crippen molar-refractivity contribution in [3.8, 4) is 11.6 Å². The van der Waals surface area contributed by atoms with Crippen LogP contribution in [-0.2, 0) is 4.79 Å². The lowest BCUT2D eigenvalue weighted by Crippen LogP contribution is -2.36. The van der Waals surface area contributed by atoms with E-state index in [4.69, 9.17) is 4.74 Å². The molecule has 0 saturated heterocycles. The Labute approximate surface area is 124 Å². The minimum atomic E-state index is -0.609. The third kappa shape index (κ3) is 3.72. The fourth-order valence-electron chi connectivity index (χ4n) is 1.81. The molecule has 1 heterocycles. The Hall–Kier alpha value is -2.56. The van der Waals surface area contributed by atoms with Gasteiger partial charge in [0.1, 0.15) is 0 Å². The van der Waals surface area contributed by atoms with Crippen molar-refractivity contribution in [2.24, 2.45) is 0 Å². The number of ether oxygens (including phenoxy) is 1. The maximum Gasteiger partial charge on any atom is 0.261 e. The highest BCUT2D eigenvalue weighted by molar-refractivity contribution is 5.80. The van der Waals surface area contributed by atoms with Gasteiger partial charge in [0.2, 0.25) is 5.88 Å². The van der Waals surface area contributed by atoms with Crippen LogP contribution in [0.4, 0.5) is 0 Å². The minimum absolute atomic E-state index is 0.191. The standard InChI is InChI=1S/C16H19N3O2/c1-4-10-17-15(20)13(3)21-16-12(2)11-19(18-16)14-8-6-5-7-9-14/h4-9,11,13H,1,10H2,2-3H3,(H,17,20). The lowest BCUT2D eigenvalue weighted by Gasteiger charge is -2.12. The Balaban J connectivity index is 2.09. The highest BCUT2D eigenvalue weighted by Crippen LogP contribution is 2.19. The number of rotatable bonds is 6. The summed E-state index contributed by atoms with van der Waals surface area (Å²) in [5.74, 6) is 0.267. The van der Waals surface area contributed by atoms with Crippen LogP contribution in [0.5, 0.6) is 5.88 Å². The van der Waals surface area contributed by atoms with Gasteiger partial charge in [-0.2, -0.15) is 0 Å². The molecule has 2 rings (SSSR count). The molecule has 1 aromatic heterocycles. The summed E-state index contributed by atoms with van der Waals surface area (Å²) in [5, 5.41) is 7.07. The molecule has 0 aliphatic rings. The summed E-state index contributed by atoms with van der Waals surface area (Å²) in [6.07, 6.45) is 2.89. The van der Waals surface area contributed by atoms with E-state index in [1.807, 2.05) is 43.5 Å². The zero-order chi connectivity index (χ0) is 15.2. The highest BCUT2D eigenvalue weighted by Gasteiger charge is 2.17. The second kappa shape index (κ2) is 6.74. The topological polar surface area (TPSA) is 56.1 Å². The summed E-state index contributed by atoms with van der Waals surface area (Å²) in [6.45, 7) is 7.57. The number of para-hydroxylation sites is 1. The minimum Gasteiger partial charge on any atom is -0.463 e. The van der Waals surface area contributed by atoms with Gasteiger partial charge in [0, 0.05) is 18.3 Å². The summed E-state index contributed by atoms with van der Waals surface area (Å²) in [5.41, 5.74) is 1.82. The molecule has 0 saturated carbocycles. The highest BCUT2D eigenvalue weighted by atomic mass is 16.5. The number of amides is 1. The first-order valence-electron chi connectivity index (χ1n) is 6.78. The van der Waals surface area contributed by atoms with E-state index in [-0.39, 0.29) is 5.91 Å². The Kier molecular flexibility index (Phi) is 4.77. The number of aromatic nitrogens is 2. The molecule has 5 heteroatoms. The van der Waals surface area contributed by atoms with E-state index in [9.17, 15) is 4.79 Å². The van der Waals surface area contributed by atoms with Crippen LogP contribution in [0, 0.1) is 6.92 Å². The second-order valence-corrected chi connectivity index (χ2v) is 4.69. The Morgan fingerprint density at radius 1 is 1.48 bits per heavy atom. The van der Waals surface area contributed by atoms with Crippen LogP contribution in [0.15, 0.2) is 49.2 Å². The molecule has 0 aliphatic carbocycles. The van der Waals surface area contributed by atoms with E-state index in [0.717, 1.165) is 11.3 Å². The number of benzene rings is 1. The van der Waals surface area contributed by atoms with Crippen LogP contribution in [0.3, 0.4) is 0 Å². The van der Waals surface area contributed by atoms with Gasteiger partial charge < -0.3 is 10.1 Å². The van der Waals surface area contributed by atoms with Gasteiger partial charge >= 0.3 is 0 Å². The molecule has 0 radical (unpaired) electrons. The number of nitrogens with zero attached hydrogens (tertiary/aromatic N) is 2. The van der Waals surface area contributed by atoms with Crippen LogP contribution in [-0.4, -0.2) is 28.3 Å². The predicted octanol–water partition coefficient (Wildman–Crippen LogP) is 2.25. The van der Waals surface area contributed by atoms with Crippen molar-refractivity contribution in [2.75, 3.05) is 6.54 Å². The molecule has 5 nitrogen and oxygen atoms in total. The van der Waals surface area contributed by atoms with Crippen molar-refractivity contribution in [3.05, 3.63) is 54.7 Å². The Morgan fingerprint density at radius 3 is 2.86 bits per heavy atom. The summed E-state index contributed by atoms with van der Waals surface area (Å²) in [4.78, 5) is 11.8. The molecule has 110 valence electrons. The van der Waals surface area contributed by atoms with Gasteiger partial charge in [-0.05, 0) is 26.0 Å². The molecular weight excluding hydrogens is 266 g/mol. The van der Waals surface area contributed by atoms with Crippen molar-refractivity contribution in [1.82, 2.24) is 15.1 Å². The molecule has 0 bridgehead atoms. The molecule has 2 aromatic rings. The summed E-state index contributed by atoms with van der Waals surface area (Å²) in [7, 11) is 0. The van der Waals surface area contributed by atoms with Crippen LogP contribution >= 0.6 is 0 Å². The molecule has 1 atom stereocenters. The average Bonchev–Trinajstić information content (AvgIpc) is 2.86. The summed E-state index contributed by atoms with van der Waals surface area (Å²) < 4.78 is 7.36. The molecule has 0 spiro atoms. The normalized spacial score (nSPS) is 11.7. The summed E-state index contributed by atoms with van der Waals surface area (Å²) >= 11 is 0. The fraction of sp³-hybridized carbons (Fsp3) is 0.250. The summed E-state index contributed by atoms with van der Waals surface area (Å²) in [6, 6.07) is 9.74. The zero-order valence-electron chi connectivity index (χ0n) is 12.2. The number of hydrogen-bond acceptors (Lipinski definition) is 3. The van der Waals surface area contributed by atoms with Gasteiger partial charge in [0.05, 0.1) is 5.69 Å². The lowest BCUT2D eigenvalue weighted by atomic mass is 10.3. The predicted molar refractivity (Wildman–Crippen MR) is 81.6 cm³/mol. The van der Waals surface area contributed by atoms with Crippen molar-refractivity contribution >= 4 is 5.91 Å². The molecule has 0 fully saturated rings. The van der Waals surface area contributed by atoms with Gasteiger partial charge in [0.25, 0.3) is 5.91 Å². The first-order chi connectivity index (χ1) is 10.1. The van der Waals surface area contributed by atoms with Gasteiger partial charge in [-0.1, -0.05) is 24.3 Å². The van der Waals surface area contributed by atoms with Crippen molar-refractivity contribution in [3.63, 3.8) is 0 Å². The van der Waals surface area contributed by atoms with Crippen LogP contribution in [0.2, 0.25) is 0 Å². The maximum atomic E-state index is 11.8. The third-order valence-electron chi connectivity index (χ3n) is 2.95. The molecule has 1 aromatic carbocycles. The van der Waals surface area contributed by atoms with Crippen LogP contribution < -0.4 is 10.1 Å². The number of nitrogens with one attached hydrogen (secondary N) is 1. The van der Waals surface area contributed by atoms with E-state index in [0.29, 0.717) is 12.4 Å². The first kappa shape index (κ1) is 14.8. The smallest absolute Gasteiger partial charge is 0.261 e. The third-order valence-corrected chi connectivity index (χ3v) is 2.95. The largest absolute Gasteiger partial charge is 0.463 e. The quantitative estimate of drug-likeness (QED) is 0.828. The fourth-order valence-corrected chi connectivity index (χ4v) is 1.81. The first-order valence-corrected chi connectivity index (χ1v) is 6.78. The monoisotopic (exact) mass is 285 g/mol. The lowest BCUT2D eigenvalue weighted by molar-refractivity contribution is -0.127. The Morgan fingerprint density at radius 2 is 2.19 bits per heavy atom. The molecule has 1 amide bonds. The molecule has 21 heavy (non-hydrogen) atoms. The van der Waals surface area contributed by atoms with E-state index < -0.39 is 6.10 Å². The van der Waals surface area contributed by atoms with Gasteiger partial charge in [-0.15, -0.1) is 11.7 Å². The molecule has 1 unspecified atom stereocenters. The van der Waals surface area contributed by atoms with Gasteiger partial charge in [0.15, 0.2) is 6.10 Å². The van der Waals surface area contributed by atoms with E-state index in [1.54, 1.807) is 17.7 Å². The maximum absolute atomic E-state index is 11.8. The van der Waals surface area contributed by atoms with E-state index >= 15 is 0 Å². The zero-order valence-corrected chi connectivity index (χ0v) is 12.2. The number of carbonyl (C=O) groups excluding carboxylic acids is 1. The van der Waals surface area contributed by atoms with Crippen LogP contribution in [0.25, 0.3) is 5.69 Å². The van der Waals surface area contributed by atoms with Crippen molar-refractivity contribution < 1.29 is 9.53 Å². The molecule has 1 N–H and O–H groups in total. The number of aryl methyl sites for hydroxylation is 1.